The predicted molar refractivity (Wildman–Crippen MR) is 166 cm³/mol. The first-order chi connectivity index (χ1) is 21.6. The van der Waals surface area contributed by atoms with E-state index in [-0.39, 0.29) is 19.3 Å². The molecule has 45 heavy (non-hydrogen) atoms. The highest BCUT2D eigenvalue weighted by atomic mass is 16.4. The van der Waals surface area contributed by atoms with Crippen molar-refractivity contribution in [2.24, 2.45) is 5.73 Å². The number of nitrogens with one attached hydrogen (secondary N) is 4. The summed E-state index contributed by atoms with van der Waals surface area (Å²) in [5, 5.41) is 27.6. The number of para-hydroxylation sites is 1. The SMILES string of the molecule is NC(Cc1c[nH]c2ccccc12)C(=O)NC(CC(=O)O)C(=O)NC(Cc1ccccc1)C(=O)NC(Cc1ccccc1)C(=O)O. The molecule has 8 N–H and O–H groups in total. The Balaban J connectivity index is 1.48. The van der Waals surface area contributed by atoms with Gasteiger partial charge in [-0.3, -0.25) is 19.2 Å². The van der Waals surface area contributed by atoms with Crippen LogP contribution in [0.1, 0.15) is 23.1 Å². The van der Waals surface area contributed by atoms with Gasteiger partial charge in [0, 0.05) is 29.9 Å². The highest BCUT2D eigenvalue weighted by Gasteiger charge is 2.32. The summed E-state index contributed by atoms with van der Waals surface area (Å²) in [4.78, 5) is 66.7. The Labute approximate surface area is 259 Å². The lowest BCUT2D eigenvalue weighted by Gasteiger charge is -2.25. The lowest BCUT2D eigenvalue weighted by molar-refractivity contribution is -0.143. The highest BCUT2D eigenvalue weighted by Crippen LogP contribution is 2.19. The number of carbonyl (C=O) groups excluding carboxylic acids is 3. The Hall–Kier alpha value is -5.49. The third-order valence-electron chi connectivity index (χ3n) is 7.28. The molecule has 4 unspecified atom stereocenters. The lowest BCUT2D eigenvalue weighted by Crippen LogP contribution is -2.58. The Bertz CT molecular complexity index is 1640. The predicted octanol–water partition coefficient (Wildman–Crippen LogP) is 1.54. The number of hydrogen-bond acceptors (Lipinski definition) is 6. The van der Waals surface area contributed by atoms with Crippen molar-refractivity contribution in [1.82, 2.24) is 20.9 Å². The van der Waals surface area contributed by atoms with Crippen LogP contribution < -0.4 is 21.7 Å². The molecule has 234 valence electrons. The fourth-order valence-electron chi connectivity index (χ4n) is 4.95. The molecule has 0 aliphatic carbocycles. The van der Waals surface area contributed by atoms with Crippen LogP contribution in [0.4, 0.5) is 0 Å². The fourth-order valence-corrected chi connectivity index (χ4v) is 4.95. The number of carboxylic acids is 2. The Morgan fingerprint density at radius 2 is 1.16 bits per heavy atom. The molecular weight excluding hydrogens is 578 g/mol. The number of H-pyrrole nitrogens is 1. The van der Waals surface area contributed by atoms with E-state index < -0.39 is 60.2 Å². The summed E-state index contributed by atoms with van der Waals surface area (Å²) in [7, 11) is 0. The van der Waals surface area contributed by atoms with Gasteiger partial charge in [-0.25, -0.2) is 4.79 Å². The summed E-state index contributed by atoms with van der Waals surface area (Å²) in [5.41, 5.74) is 9.13. The Kier molecular flexibility index (Phi) is 11.0. The van der Waals surface area contributed by atoms with Crippen LogP contribution in [-0.2, 0) is 43.2 Å². The Morgan fingerprint density at radius 1 is 0.644 bits per heavy atom. The molecule has 3 aromatic carbocycles. The van der Waals surface area contributed by atoms with E-state index in [1.54, 1.807) is 66.9 Å². The van der Waals surface area contributed by atoms with E-state index in [0.29, 0.717) is 11.1 Å². The molecule has 0 spiro atoms. The summed E-state index contributed by atoms with van der Waals surface area (Å²) < 4.78 is 0. The summed E-state index contributed by atoms with van der Waals surface area (Å²) in [6.45, 7) is 0. The number of rotatable bonds is 15. The second-order valence-electron chi connectivity index (χ2n) is 10.7. The zero-order chi connectivity index (χ0) is 32.3. The molecule has 4 aromatic rings. The van der Waals surface area contributed by atoms with E-state index in [1.807, 2.05) is 24.3 Å². The van der Waals surface area contributed by atoms with Crippen LogP contribution in [0.5, 0.6) is 0 Å². The molecule has 0 aliphatic rings. The van der Waals surface area contributed by atoms with E-state index >= 15 is 0 Å². The first kappa shape index (κ1) is 32.4. The summed E-state index contributed by atoms with van der Waals surface area (Å²) >= 11 is 0. The molecule has 0 radical (unpaired) electrons. The van der Waals surface area contributed by atoms with Gasteiger partial charge in [-0.15, -0.1) is 0 Å². The number of aromatic nitrogens is 1. The fraction of sp³-hybridized carbons (Fsp3) is 0.242. The maximum Gasteiger partial charge on any atom is 0.326 e. The number of nitrogens with two attached hydrogens (primary N) is 1. The third-order valence-corrected chi connectivity index (χ3v) is 7.28. The van der Waals surface area contributed by atoms with Gasteiger partial charge in [0.15, 0.2) is 0 Å². The van der Waals surface area contributed by atoms with E-state index in [4.69, 9.17) is 5.73 Å². The van der Waals surface area contributed by atoms with Crippen LogP contribution in [0.2, 0.25) is 0 Å². The molecule has 0 saturated heterocycles. The van der Waals surface area contributed by atoms with E-state index in [1.165, 1.54) is 0 Å². The zero-order valence-corrected chi connectivity index (χ0v) is 24.3. The van der Waals surface area contributed by atoms with Crippen LogP contribution in [0.3, 0.4) is 0 Å². The largest absolute Gasteiger partial charge is 0.481 e. The van der Waals surface area contributed by atoms with Crippen LogP contribution in [0.25, 0.3) is 10.9 Å². The number of benzene rings is 3. The van der Waals surface area contributed by atoms with Crippen molar-refractivity contribution in [2.45, 2.75) is 49.9 Å². The van der Waals surface area contributed by atoms with Gasteiger partial charge >= 0.3 is 11.9 Å². The summed E-state index contributed by atoms with van der Waals surface area (Å²) in [5.74, 6) is -5.10. The van der Waals surface area contributed by atoms with Crippen LogP contribution in [-0.4, -0.2) is 69.0 Å². The van der Waals surface area contributed by atoms with E-state index in [9.17, 15) is 34.2 Å². The maximum absolute atomic E-state index is 13.4. The van der Waals surface area contributed by atoms with Crippen LogP contribution >= 0.6 is 0 Å². The van der Waals surface area contributed by atoms with Gasteiger partial charge in [0.2, 0.25) is 17.7 Å². The van der Waals surface area contributed by atoms with Crippen molar-refractivity contribution >= 4 is 40.6 Å². The van der Waals surface area contributed by atoms with Gasteiger partial charge in [0.1, 0.15) is 18.1 Å². The zero-order valence-electron chi connectivity index (χ0n) is 24.3. The molecule has 1 heterocycles. The smallest absolute Gasteiger partial charge is 0.326 e. The maximum atomic E-state index is 13.4. The van der Waals surface area contributed by atoms with Gasteiger partial charge in [-0.05, 0) is 29.2 Å². The molecule has 12 heteroatoms. The Morgan fingerprint density at radius 3 is 1.76 bits per heavy atom. The molecular formula is C33H35N5O7. The van der Waals surface area contributed by atoms with Crippen molar-refractivity contribution in [3.63, 3.8) is 0 Å². The molecule has 0 saturated carbocycles. The molecule has 4 atom stereocenters. The van der Waals surface area contributed by atoms with Gasteiger partial charge in [-0.1, -0.05) is 78.9 Å². The van der Waals surface area contributed by atoms with Crippen LogP contribution in [0.15, 0.2) is 91.1 Å². The van der Waals surface area contributed by atoms with Gasteiger partial charge in [0.25, 0.3) is 0 Å². The molecule has 0 fully saturated rings. The molecule has 4 rings (SSSR count). The number of carboxylic acid groups (broad SMARTS) is 2. The van der Waals surface area contributed by atoms with Gasteiger partial charge < -0.3 is 36.9 Å². The number of aromatic amines is 1. The van der Waals surface area contributed by atoms with E-state index in [2.05, 4.69) is 20.9 Å². The van der Waals surface area contributed by atoms with Gasteiger partial charge in [-0.2, -0.15) is 0 Å². The van der Waals surface area contributed by atoms with Crippen molar-refractivity contribution in [3.8, 4) is 0 Å². The first-order valence-corrected chi connectivity index (χ1v) is 14.3. The number of fused-ring (bicyclic) bond motifs is 1. The molecule has 1 aromatic heterocycles. The normalized spacial score (nSPS) is 13.6. The van der Waals surface area contributed by atoms with Crippen molar-refractivity contribution < 1.29 is 34.2 Å². The topological polar surface area (TPSA) is 204 Å². The number of carbonyl (C=O) groups is 5. The minimum Gasteiger partial charge on any atom is -0.481 e. The minimum atomic E-state index is -1.56. The monoisotopic (exact) mass is 613 g/mol. The summed E-state index contributed by atoms with van der Waals surface area (Å²) in [6, 6.07) is 19.7. The quantitative estimate of drug-likeness (QED) is 0.105. The molecule has 12 nitrogen and oxygen atoms in total. The molecule has 0 aliphatic heterocycles. The third kappa shape index (κ3) is 9.25. The molecule has 3 amide bonds. The number of aliphatic carboxylic acids is 2. The van der Waals surface area contributed by atoms with Crippen molar-refractivity contribution in [1.29, 1.82) is 0 Å². The molecule has 0 bridgehead atoms. The highest BCUT2D eigenvalue weighted by molar-refractivity contribution is 5.96. The average molecular weight is 614 g/mol. The minimum absolute atomic E-state index is 0.0000685. The lowest BCUT2D eigenvalue weighted by atomic mass is 10.0. The van der Waals surface area contributed by atoms with E-state index in [0.717, 1.165) is 16.5 Å². The van der Waals surface area contributed by atoms with Crippen LogP contribution in [0, 0.1) is 0 Å². The van der Waals surface area contributed by atoms with Crippen molar-refractivity contribution in [2.75, 3.05) is 0 Å². The number of amides is 3. The summed E-state index contributed by atoms with van der Waals surface area (Å²) in [6.07, 6.45) is 1.05. The second kappa shape index (κ2) is 15.3. The van der Waals surface area contributed by atoms with Crippen molar-refractivity contribution in [3.05, 3.63) is 108 Å². The first-order valence-electron chi connectivity index (χ1n) is 14.3. The second-order valence-corrected chi connectivity index (χ2v) is 10.7. The standard InChI is InChI=1S/C33H35N5O7/c34-24(17-22-19-35-25-14-8-7-13-23(22)25)30(41)36-27(18-29(39)40)32(43)37-26(15-20-9-3-1-4-10-20)31(42)38-28(33(44)45)16-21-11-5-2-6-12-21/h1-14,19,24,26-28,35H,15-18,34H2,(H,36,41)(H,37,43)(H,38,42)(H,39,40)(H,44,45). The number of hydrogen-bond donors (Lipinski definition) is 7. The van der Waals surface area contributed by atoms with Gasteiger partial charge in [0.05, 0.1) is 12.5 Å². The average Bonchev–Trinajstić information content (AvgIpc) is 3.43.